The molecule has 0 saturated heterocycles. The molecule has 0 aromatic carbocycles. The van der Waals surface area contributed by atoms with Crippen LogP contribution >= 0.6 is 0 Å². The van der Waals surface area contributed by atoms with Crippen molar-refractivity contribution in [2.45, 2.75) is 39.7 Å². The molecule has 1 aromatic heterocycles. The number of rotatable bonds is 3. The molecule has 0 aliphatic heterocycles. The van der Waals surface area contributed by atoms with Gasteiger partial charge in [0.05, 0.1) is 13.0 Å². The van der Waals surface area contributed by atoms with Gasteiger partial charge in [-0.05, 0) is 39.8 Å². The SMILES string of the molecule is CCOC(=O)Cc1cccn1C(=O)OC(C)(C)C. The Bertz CT molecular complexity index is 428. The molecule has 0 aliphatic rings. The van der Waals surface area contributed by atoms with Crippen molar-refractivity contribution in [1.29, 1.82) is 0 Å². The van der Waals surface area contributed by atoms with E-state index in [1.165, 1.54) is 4.57 Å². The number of aromatic nitrogens is 1. The van der Waals surface area contributed by atoms with Gasteiger partial charge in [0.15, 0.2) is 0 Å². The van der Waals surface area contributed by atoms with E-state index in [4.69, 9.17) is 9.47 Å². The molecule has 0 bridgehead atoms. The summed E-state index contributed by atoms with van der Waals surface area (Å²) in [6.45, 7) is 7.44. The Morgan fingerprint density at radius 2 is 2.00 bits per heavy atom. The number of hydrogen-bond acceptors (Lipinski definition) is 4. The lowest BCUT2D eigenvalue weighted by Crippen LogP contribution is -2.28. The molecule has 0 atom stereocenters. The van der Waals surface area contributed by atoms with E-state index in [1.54, 1.807) is 46.0 Å². The van der Waals surface area contributed by atoms with Gasteiger partial charge >= 0.3 is 12.1 Å². The van der Waals surface area contributed by atoms with Crippen molar-refractivity contribution >= 4 is 12.1 Å². The Labute approximate surface area is 107 Å². The molecule has 100 valence electrons. The summed E-state index contributed by atoms with van der Waals surface area (Å²) in [5.74, 6) is -0.360. The van der Waals surface area contributed by atoms with Gasteiger partial charge in [-0.3, -0.25) is 9.36 Å². The normalized spacial score (nSPS) is 11.1. The zero-order valence-corrected chi connectivity index (χ0v) is 11.2. The Morgan fingerprint density at radius 1 is 1.33 bits per heavy atom. The third-order valence-corrected chi connectivity index (χ3v) is 2.05. The Morgan fingerprint density at radius 3 is 2.56 bits per heavy atom. The zero-order chi connectivity index (χ0) is 13.8. The highest BCUT2D eigenvalue weighted by atomic mass is 16.6. The molecule has 1 aromatic rings. The summed E-state index contributed by atoms with van der Waals surface area (Å²) in [5, 5.41) is 0. The molecule has 0 amide bonds. The van der Waals surface area contributed by atoms with Gasteiger partial charge in [-0.1, -0.05) is 0 Å². The largest absolute Gasteiger partial charge is 0.466 e. The molecule has 0 radical (unpaired) electrons. The summed E-state index contributed by atoms with van der Waals surface area (Å²) < 4.78 is 11.4. The topological polar surface area (TPSA) is 57.5 Å². The van der Waals surface area contributed by atoms with Crippen LogP contribution in [0.1, 0.15) is 33.4 Å². The molecule has 0 aliphatic carbocycles. The lowest BCUT2D eigenvalue weighted by atomic mass is 10.2. The predicted molar refractivity (Wildman–Crippen MR) is 66.4 cm³/mol. The van der Waals surface area contributed by atoms with Gasteiger partial charge in [0.25, 0.3) is 0 Å². The molecule has 5 nitrogen and oxygen atoms in total. The maximum atomic E-state index is 11.9. The summed E-state index contributed by atoms with van der Waals surface area (Å²) in [4.78, 5) is 23.3. The predicted octanol–water partition coefficient (Wildman–Crippen LogP) is 2.38. The molecule has 5 heteroatoms. The molecule has 0 fully saturated rings. The van der Waals surface area contributed by atoms with Gasteiger partial charge in [0.2, 0.25) is 0 Å². The Kier molecular flexibility index (Phi) is 4.53. The van der Waals surface area contributed by atoms with Crippen LogP contribution in [0.2, 0.25) is 0 Å². The monoisotopic (exact) mass is 253 g/mol. The van der Waals surface area contributed by atoms with Crippen molar-refractivity contribution in [2.24, 2.45) is 0 Å². The number of ether oxygens (including phenoxy) is 2. The van der Waals surface area contributed by atoms with E-state index >= 15 is 0 Å². The van der Waals surface area contributed by atoms with E-state index in [1.807, 2.05) is 0 Å². The van der Waals surface area contributed by atoms with Crippen molar-refractivity contribution in [1.82, 2.24) is 4.57 Å². The lowest BCUT2D eigenvalue weighted by molar-refractivity contribution is -0.142. The van der Waals surface area contributed by atoms with Crippen molar-refractivity contribution < 1.29 is 19.1 Å². The summed E-state index contributed by atoms with van der Waals surface area (Å²) in [5.41, 5.74) is -0.00886. The minimum atomic E-state index is -0.567. The number of esters is 1. The second-order valence-corrected chi connectivity index (χ2v) is 4.83. The van der Waals surface area contributed by atoms with E-state index in [0.717, 1.165) is 0 Å². The van der Waals surface area contributed by atoms with Gasteiger partial charge in [-0.25, -0.2) is 4.79 Å². The van der Waals surface area contributed by atoms with Crippen LogP contribution in [0, 0.1) is 0 Å². The highest BCUT2D eigenvalue weighted by Gasteiger charge is 2.20. The van der Waals surface area contributed by atoms with Crippen LogP contribution in [0.15, 0.2) is 18.3 Å². The smallest absolute Gasteiger partial charge is 0.418 e. The van der Waals surface area contributed by atoms with Crippen LogP contribution in [-0.4, -0.2) is 28.8 Å². The molecule has 0 unspecified atom stereocenters. The molecule has 18 heavy (non-hydrogen) atoms. The third-order valence-electron chi connectivity index (χ3n) is 2.05. The average Bonchev–Trinajstić information content (AvgIpc) is 2.63. The van der Waals surface area contributed by atoms with Gasteiger partial charge in [-0.2, -0.15) is 0 Å². The van der Waals surface area contributed by atoms with E-state index in [9.17, 15) is 9.59 Å². The molecule has 0 spiro atoms. The minimum Gasteiger partial charge on any atom is -0.466 e. The minimum absolute atomic E-state index is 0.0556. The molecular formula is C13H19NO4. The first kappa shape index (κ1) is 14.3. The second-order valence-electron chi connectivity index (χ2n) is 4.83. The number of carbonyl (C=O) groups excluding carboxylic acids is 2. The van der Waals surface area contributed by atoms with E-state index in [2.05, 4.69) is 0 Å². The summed E-state index contributed by atoms with van der Waals surface area (Å²) >= 11 is 0. The van der Waals surface area contributed by atoms with E-state index < -0.39 is 11.7 Å². The summed E-state index contributed by atoms with van der Waals surface area (Å²) in [7, 11) is 0. The van der Waals surface area contributed by atoms with Crippen LogP contribution in [0.5, 0.6) is 0 Å². The van der Waals surface area contributed by atoms with Crippen LogP contribution in [0.25, 0.3) is 0 Å². The second kappa shape index (κ2) is 5.71. The lowest BCUT2D eigenvalue weighted by Gasteiger charge is -2.20. The fraction of sp³-hybridized carbons (Fsp3) is 0.538. The highest BCUT2D eigenvalue weighted by Crippen LogP contribution is 2.12. The van der Waals surface area contributed by atoms with Gasteiger partial charge in [0.1, 0.15) is 5.60 Å². The fourth-order valence-electron chi connectivity index (χ4n) is 1.41. The van der Waals surface area contributed by atoms with Crippen molar-refractivity contribution in [2.75, 3.05) is 6.61 Å². The quantitative estimate of drug-likeness (QED) is 0.776. The summed E-state index contributed by atoms with van der Waals surface area (Å²) in [6.07, 6.45) is 1.13. The first-order valence-electron chi connectivity index (χ1n) is 5.88. The maximum Gasteiger partial charge on any atom is 0.418 e. The molecule has 0 N–H and O–H groups in total. The standard InChI is InChI=1S/C13H19NO4/c1-5-17-11(15)9-10-7-6-8-14(10)12(16)18-13(2,3)4/h6-8H,5,9H2,1-4H3. The van der Waals surface area contributed by atoms with E-state index in [0.29, 0.717) is 12.3 Å². The third kappa shape index (κ3) is 4.24. The summed E-state index contributed by atoms with van der Waals surface area (Å²) in [6, 6.07) is 3.39. The molecular weight excluding hydrogens is 234 g/mol. The van der Waals surface area contributed by atoms with Crippen LogP contribution in [0.3, 0.4) is 0 Å². The molecule has 0 saturated carbocycles. The Hall–Kier alpha value is -1.78. The van der Waals surface area contributed by atoms with Crippen LogP contribution < -0.4 is 0 Å². The number of hydrogen-bond donors (Lipinski definition) is 0. The average molecular weight is 253 g/mol. The molecule has 1 heterocycles. The van der Waals surface area contributed by atoms with Crippen LogP contribution in [0.4, 0.5) is 4.79 Å². The first-order chi connectivity index (χ1) is 8.33. The number of nitrogens with zero attached hydrogens (tertiary/aromatic N) is 1. The van der Waals surface area contributed by atoms with Gasteiger partial charge < -0.3 is 9.47 Å². The van der Waals surface area contributed by atoms with Crippen molar-refractivity contribution in [3.63, 3.8) is 0 Å². The van der Waals surface area contributed by atoms with Gasteiger partial charge in [-0.15, -0.1) is 0 Å². The zero-order valence-electron chi connectivity index (χ0n) is 11.2. The Balaban J connectivity index is 2.76. The van der Waals surface area contributed by atoms with E-state index in [-0.39, 0.29) is 12.4 Å². The van der Waals surface area contributed by atoms with Crippen molar-refractivity contribution in [3.8, 4) is 0 Å². The van der Waals surface area contributed by atoms with Crippen molar-refractivity contribution in [3.05, 3.63) is 24.0 Å². The van der Waals surface area contributed by atoms with Crippen LogP contribution in [-0.2, 0) is 20.7 Å². The van der Waals surface area contributed by atoms with Gasteiger partial charge in [0, 0.05) is 11.9 Å². The number of carbonyl (C=O) groups is 2. The maximum absolute atomic E-state index is 11.9. The molecule has 1 rings (SSSR count). The first-order valence-corrected chi connectivity index (χ1v) is 5.88. The highest BCUT2D eigenvalue weighted by molar-refractivity contribution is 5.76. The fourth-order valence-corrected chi connectivity index (χ4v) is 1.41.